The van der Waals surface area contributed by atoms with Gasteiger partial charge in [0.1, 0.15) is 0 Å². The fraction of sp³-hybridized carbons (Fsp3) is 0.278. The molecular formula is C18H16ClNO4S. The Kier molecular flexibility index (Phi) is 3.68. The second-order valence-corrected chi connectivity index (χ2v) is 8.79. The van der Waals surface area contributed by atoms with Gasteiger partial charge in [-0.15, -0.1) is 0 Å². The van der Waals surface area contributed by atoms with Gasteiger partial charge in [-0.3, -0.25) is 0 Å². The molecule has 0 aliphatic heterocycles. The number of aromatic carboxylic acids is 1. The van der Waals surface area contributed by atoms with E-state index in [-0.39, 0.29) is 28.3 Å². The average Bonchev–Trinajstić information content (AvgIpc) is 3.03. The standard InChI is InChI=1S/C18H16ClNO4S/c1-9-6-10(18(21)22)2-5-15(9)25(23,24)20-17-14-8-11-7-12(19)3-4-13(11)16(14)17/h2-7,14,16-17,20H,8H2,1H3,(H,21,22). The van der Waals surface area contributed by atoms with E-state index >= 15 is 0 Å². The summed E-state index contributed by atoms with van der Waals surface area (Å²) in [5.74, 6) is -0.616. The van der Waals surface area contributed by atoms with E-state index in [4.69, 9.17) is 16.7 Å². The molecular weight excluding hydrogens is 362 g/mol. The van der Waals surface area contributed by atoms with Crippen LogP contribution in [0, 0.1) is 12.8 Å². The van der Waals surface area contributed by atoms with Gasteiger partial charge in [-0.05, 0) is 66.3 Å². The first-order chi connectivity index (χ1) is 11.8. The summed E-state index contributed by atoms with van der Waals surface area (Å²) in [6.07, 6.45) is 0.824. The number of carboxylic acid groups (broad SMARTS) is 1. The van der Waals surface area contributed by atoms with E-state index in [2.05, 4.69) is 4.72 Å². The summed E-state index contributed by atoms with van der Waals surface area (Å²) < 4.78 is 28.2. The smallest absolute Gasteiger partial charge is 0.335 e. The van der Waals surface area contributed by atoms with Crippen LogP contribution >= 0.6 is 11.6 Å². The highest BCUT2D eigenvalue weighted by atomic mass is 35.5. The Morgan fingerprint density at radius 2 is 2.00 bits per heavy atom. The summed E-state index contributed by atoms with van der Waals surface area (Å²) in [6.45, 7) is 1.60. The van der Waals surface area contributed by atoms with E-state index in [1.54, 1.807) is 6.92 Å². The van der Waals surface area contributed by atoms with Gasteiger partial charge in [-0.1, -0.05) is 17.7 Å². The van der Waals surface area contributed by atoms with Crippen LogP contribution in [0.15, 0.2) is 41.3 Å². The van der Waals surface area contributed by atoms with Crippen molar-refractivity contribution in [3.63, 3.8) is 0 Å². The molecule has 0 spiro atoms. The van der Waals surface area contributed by atoms with E-state index in [0.29, 0.717) is 10.6 Å². The van der Waals surface area contributed by atoms with Crippen LogP contribution in [0.2, 0.25) is 5.02 Å². The molecule has 2 aliphatic rings. The first-order valence-electron chi connectivity index (χ1n) is 7.92. The summed E-state index contributed by atoms with van der Waals surface area (Å²) in [4.78, 5) is 11.1. The lowest BCUT2D eigenvalue weighted by Gasteiger charge is -2.12. The van der Waals surface area contributed by atoms with Crippen LogP contribution in [0.5, 0.6) is 0 Å². The van der Waals surface area contributed by atoms with Gasteiger partial charge in [-0.2, -0.15) is 0 Å². The molecule has 5 nitrogen and oxygen atoms in total. The Labute approximate surface area is 150 Å². The number of nitrogens with one attached hydrogen (secondary N) is 1. The Morgan fingerprint density at radius 3 is 2.68 bits per heavy atom. The minimum Gasteiger partial charge on any atom is -0.478 e. The molecule has 0 heterocycles. The van der Waals surface area contributed by atoms with Crippen LogP contribution in [0.25, 0.3) is 0 Å². The minimum absolute atomic E-state index is 0.0746. The van der Waals surface area contributed by atoms with Crippen molar-refractivity contribution in [3.05, 3.63) is 63.7 Å². The van der Waals surface area contributed by atoms with E-state index in [0.717, 1.165) is 6.42 Å². The number of hydrogen-bond donors (Lipinski definition) is 2. The number of benzene rings is 2. The van der Waals surface area contributed by atoms with Crippen molar-refractivity contribution in [1.82, 2.24) is 4.72 Å². The van der Waals surface area contributed by atoms with Gasteiger partial charge < -0.3 is 5.11 Å². The number of sulfonamides is 1. The first-order valence-corrected chi connectivity index (χ1v) is 9.78. The monoisotopic (exact) mass is 377 g/mol. The van der Waals surface area contributed by atoms with Crippen LogP contribution in [0.4, 0.5) is 0 Å². The second kappa shape index (κ2) is 5.56. The molecule has 0 aromatic heterocycles. The number of carbonyl (C=O) groups is 1. The molecule has 2 aliphatic carbocycles. The maximum atomic E-state index is 12.7. The van der Waals surface area contributed by atoms with Gasteiger partial charge in [0.2, 0.25) is 10.0 Å². The van der Waals surface area contributed by atoms with Gasteiger partial charge in [0, 0.05) is 17.0 Å². The number of hydrogen-bond acceptors (Lipinski definition) is 3. The molecule has 0 radical (unpaired) electrons. The summed E-state index contributed by atoms with van der Waals surface area (Å²) in [5.41, 5.74) is 2.86. The molecule has 0 saturated heterocycles. The summed E-state index contributed by atoms with van der Waals surface area (Å²) >= 11 is 6.01. The van der Waals surface area contributed by atoms with Gasteiger partial charge in [0.05, 0.1) is 10.5 Å². The van der Waals surface area contributed by atoms with Crippen molar-refractivity contribution in [1.29, 1.82) is 0 Å². The molecule has 2 aromatic carbocycles. The molecule has 1 saturated carbocycles. The SMILES string of the molecule is Cc1cc(C(=O)O)ccc1S(=O)(=O)NC1C2Cc3cc(Cl)ccc3C21. The van der Waals surface area contributed by atoms with Crippen molar-refractivity contribution in [2.75, 3.05) is 0 Å². The van der Waals surface area contributed by atoms with Crippen LogP contribution in [0.3, 0.4) is 0 Å². The maximum Gasteiger partial charge on any atom is 0.335 e. The minimum atomic E-state index is -3.69. The lowest BCUT2D eigenvalue weighted by molar-refractivity contribution is 0.0696. The molecule has 7 heteroatoms. The normalized spacial score (nSPS) is 23.8. The number of rotatable bonds is 4. The molecule has 3 atom stereocenters. The lowest BCUT2D eigenvalue weighted by Crippen LogP contribution is -2.29. The molecule has 1 fully saturated rings. The second-order valence-electron chi connectivity index (χ2n) is 6.67. The molecule has 130 valence electrons. The molecule has 25 heavy (non-hydrogen) atoms. The summed E-state index contributed by atoms with van der Waals surface area (Å²) in [7, 11) is -3.69. The van der Waals surface area contributed by atoms with Crippen LogP contribution in [0.1, 0.15) is 33.0 Å². The Bertz CT molecular complexity index is 1000. The number of halogens is 1. The fourth-order valence-electron chi connectivity index (χ4n) is 3.87. The van der Waals surface area contributed by atoms with Crippen LogP contribution in [-0.4, -0.2) is 25.5 Å². The van der Waals surface area contributed by atoms with Gasteiger partial charge in [0.15, 0.2) is 0 Å². The Morgan fingerprint density at radius 1 is 1.24 bits per heavy atom. The van der Waals surface area contributed by atoms with Gasteiger partial charge in [0.25, 0.3) is 0 Å². The fourth-order valence-corrected chi connectivity index (χ4v) is 5.60. The molecule has 3 unspecified atom stereocenters. The highest BCUT2D eigenvalue weighted by molar-refractivity contribution is 7.89. The number of aryl methyl sites for hydroxylation is 1. The van der Waals surface area contributed by atoms with Crippen LogP contribution in [-0.2, 0) is 16.4 Å². The predicted molar refractivity (Wildman–Crippen MR) is 93.6 cm³/mol. The van der Waals surface area contributed by atoms with Crippen molar-refractivity contribution < 1.29 is 18.3 Å². The van der Waals surface area contributed by atoms with Gasteiger partial charge in [-0.25, -0.2) is 17.9 Å². The van der Waals surface area contributed by atoms with Gasteiger partial charge >= 0.3 is 5.97 Å². The first kappa shape index (κ1) is 16.6. The third kappa shape index (κ3) is 2.74. The zero-order chi connectivity index (χ0) is 17.9. The number of fused-ring (bicyclic) bond motifs is 3. The quantitative estimate of drug-likeness (QED) is 0.858. The Balaban J connectivity index is 1.56. The molecule has 4 rings (SSSR count). The lowest BCUT2D eigenvalue weighted by atomic mass is 10.1. The Hall–Kier alpha value is -1.89. The van der Waals surface area contributed by atoms with Crippen molar-refractivity contribution in [2.24, 2.45) is 5.92 Å². The summed E-state index contributed by atoms with van der Waals surface area (Å²) in [6, 6.07) is 9.69. The molecule has 0 bridgehead atoms. The number of carboxylic acids is 1. The topological polar surface area (TPSA) is 83.5 Å². The van der Waals surface area contributed by atoms with E-state index in [9.17, 15) is 13.2 Å². The van der Waals surface area contributed by atoms with Crippen molar-refractivity contribution in [3.8, 4) is 0 Å². The predicted octanol–water partition coefficient (Wildman–Crippen LogP) is 2.96. The molecule has 0 amide bonds. The highest BCUT2D eigenvalue weighted by Crippen LogP contribution is 2.57. The molecule has 2 aromatic rings. The zero-order valence-electron chi connectivity index (χ0n) is 13.4. The largest absolute Gasteiger partial charge is 0.478 e. The van der Waals surface area contributed by atoms with E-state index in [1.165, 1.54) is 29.3 Å². The van der Waals surface area contributed by atoms with Crippen molar-refractivity contribution >= 4 is 27.6 Å². The third-order valence-corrected chi connectivity index (χ3v) is 6.95. The van der Waals surface area contributed by atoms with E-state index < -0.39 is 16.0 Å². The zero-order valence-corrected chi connectivity index (χ0v) is 14.9. The van der Waals surface area contributed by atoms with Crippen molar-refractivity contribution in [2.45, 2.75) is 30.2 Å². The highest BCUT2D eigenvalue weighted by Gasteiger charge is 2.57. The van der Waals surface area contributed by atoms with Crippen LogP contribution < -0.4 is 4.72 Å². The third-order valence-electron chi connectivity index (χ3n) is 5.09. The molecule has 2 N–H and O–H groups in total. The van der Waals surface area contributed by atoms with E-state index in [1.807, 2.05) is 18.2 Å². The summed E-state index contributed by atoms with van der Waals surface area (Å²) in [5, 5.41) is 9.71. The maximum absolute atomic E-state index is 12.7. The average molecular weight is 378 g/mol.